The summed E-state index contributed by atoms with van der Waals surface area (Å²) in [6.07, 6.45) is -0.690. The number of hydrogen-bond acceptors (Lipinski definition) is 6. The van der Waals surface area contributed by atoms with Gasteiger partial charge in [0.25, 0.3) is 0 Å². The van der Waals surface area contributed by atoms with Crippen molar-refractivity contribution in [2.45, 2.75) is 11.0 Å². The zero-order valence-corrected chi connectivity index (χ0v) is 18.8. The summed E-state index contributed by atoms with van der Waals surface area (Å²) in [6, 6.07) is 11.4. The summed E-state index contributed by atoms with van der Waals surface area (Å²) in [4.78, 5) is 2.14. The lowest BCUT2D eigenvalue weighted by Crippen LogP contribution is -2.50. The Labute approximate surface area is 186 Å². The average Bonchev–Trinajstić information content (AvgIpc) is 2.75. The summed E-state index contributed by atoms with van der Waals surface area (Å²) in [5, 5.41) is 10.8. The fourth-order valence-corrected chi connectivity index (χ4v) is 4.97. The van der Waals surface area contributed by atoms with Gasteiger partial charge in [-0.2, -0.15) is 4.31 Å². The van der Waals surface area contributed by atoms with Crippen LogP contribution in [0, 0.1) is 0 Å². The fourth-order valence-electron chi connectivity index (χ4n) is 3.15. The quantitative estimate of drug-likeness (QED) is 0.633. The predicted molar refractivity (Wildman–Crippen MR) is 116 cm³/mol. The van der Waals surface area contributed by atoms with E-state index in [1.165, 1.54) is 22.5 Å². The molecule has 0 aromatic heterocycles. The summed E-state index contributed by atoms with van der Waals surface area (Å²) >= 11 is 11.8. The third-order valence-corrected chi connectivity index (χ3v) is 7.46. The number of aliphatic hydroxyl groups is 1. The summed E-state index contributed by atoms with van der Waals surface area (Å²) < 4.78 is 37.7. The Morgan fingerprint density at radius 1 is 1.00 bits per heavy atom. The van der Waals surface area contributed by atoms with Gasteiger partial charge in [0.2, 0.25) is 10.0 Å². The Morgan fingerprint density at radius 2 is 1.63 bits per heavy atom. The van der Waals surface area contributed by atoms with Gasteiger partial charge in [-0.25, -0.2) is 8.42 Å². The second-order valence-corrected chi connectivity index (χ2v) is 9.67. The van der Waals surface area contributed by atoms with E-state index < -0.39 is 16.1 Å². The molecule has 2 aromatic carbocycles. The van der Waals surface area contributed by atoms with Gasteiger partial charge in [-0.15, -0.1) is 0 Å². The Kier molecular flexibility index (Phi) is 7.84. The van der Waals surface area contributed by atoms with Gasteiger partial charge in [0.05, 0.1) is 22.1 Å². The van der Waals surface area contributed by atoms with Crippen LogP contribution < -0.4 is 9.47 Å². The van der Waals surface area contributed by atoms with E-state index in [1.807, 2.05) is 4.90 Å². The molecule has 164 valence electrons. The molecule has 0 radical (unpaired) electrons. The largest absolute Gasteiger partial charge is 0.497 e. The predicted octanol–water partition coefficient (Wildman–Crippen LogP) is 2.75. The molecule has 0 aliphatic carbocycles. The summed E-state index contributed by atoms with van der Waals surface area (Å²) in [5.74, 6) is 1.38. The van der Waals surface area contributed by atoms with E-state index in [9.17, 15) is 13.5 Å². The van der Waals surface area contributed by atoms with Crippen molar-refractivity contribution >= 4 is 33.2 Å². The maximum Gasteiger partial charge on any atom is 0.243 e. The minimum absolute atomic E-state index is 0.123. The second kappa shape index (κ2) is 10.2. The molecule has 1 fully saturated rings. The smallest absolute Gasteiger partial charge is 0.243 e. The van der Waals surface area contributed by atoms with Gasteiger partial charge >= 0.3 is 0 Å². The van der Waals surface area contributed by atoms with Gasteiger partial charge in [-0.1, -0.05) is 23.2 Å². The van der Waals surface area contributed by atoms with E-state index >= 15 is 0 Å². The number of ether oxygens (including phenoxy) is 2. The van der Waals surface area contributed by atoms with Gasteiger partial charge < -0.3 is 14.6 Å². The van der Waals surface area contributed by atoms with Crippen molar-refractivity contribution in [2.75, 3.05) is 46.4 Å². The number of nitrogens with zero attached hydrogens (tertiary/aromatic N) is 2. The molecular formula is C20H24Cl2N2O5S. The molecule has 1 atom stereocenters. The lowest BCUT2D eigenvalue weighted by atomic mass is 10.3. The van der Waals surface area contributed by atoms with Crippen LogP contribution in [0.25, 0.3) is 0 Å². The molecule has 3 rings (SSSR count). The van der Waals surface area contributed by atoms with Crippen molar-refractivity contribution in [3.63, 3.8) is 0 Å². The molecule has 30 heavy (non-hydrogen) atoms. The van der Waals surface area contributed by atoms with Crippen molar-refractivity contribution in [3.8, 4) is 11.5 Å². The molecule has 1 aliphatic heterocycles. The highest BCUT2D eigenvalue weighted by molar-refractivity contribution is 7.89. The summed E-state index contributed by atoms with van der Waals surface area (Å²) in [6.45, 7) is 2.23. The average molecular weight is 475 g/mol. The Balaban J connectivity index is 1.48. The van der Waals surface area contributed by atoms with E-state index in [1.54, 1.807) is 31.4 Å². The first-order valence-electron chi connectivity index (χ1n) is 9.42. The molecule has 10 heteroatoms. The van der Waals surface area contributed by atoms with E-state index in [0.717, 1.165) is 5.75 Å². The summed E-state index contributed by atoms with van der Waals surface area (Å²) in [7, 11) is -2.05. The number of β-amino-alcohol motifs (C(OH)–C–C–N with tert-alkyl or cyclic N) is 1. The third kappa shape index (κ3) is 5.78. The van der Waals surface area contributed by atoms with Gasteiger partial charge in [0, 0.05) is 32.7 Å². The van der Waals surface area contributed by atoms with E-state index in [0.29, 0.717) is 43.5 Å². The van der Waals surface area contributed by atoms with E-state index in [4.69, 9.17) is 32.7 Å². The minimum atomic E-state index is -3.64. The van der Waals surface area contributed by atoms with Crippen LogP contribution in [0.5, 0.6) is 11.5 Å². The highest BCUT2D eigenvalue weighted by atomic mass is 35.5. The number of methoxy groups -OCH3 is 1. The highest BCUT2D eigenvalue weighted by Crippen LogP contribution is 2.27. The molecule has 1 unspecified atom stereocenters. The fraction of sp³-hybridized carbons (Fsp3) is 0.400. The number of sulfonamides is 1. The molecule has 1 aliphatic rings. The number of aliphatic hydroxyl groups excluding tert-OH is 1. The first-order chi connectivity index (χ1) is 14.3. The van der Waals surface area contributed by atoms with E-state index in [2.05, 4.69) is 0 Å². The summed E-state index contributed by atoms with van der Waals surface area (Å²) in [5.41, 5.74) is 0. The molecule has 1 N–H and O–H groups in total. The van der Waals surface area contributed by atoms with Crippen molar-refractivity contribution in [2.24, 2.45) is 0 Å². The van der Waals surface area contributed by atoms with Gasteiger partial charge in [-0.3, -0.25) is 4.90 Å². The van der Waals surface area contributed by atoms with Crippen LogP contribution in [0.4, 0.5) is 0 Å². The zero-order chi connectivity index (χ0) is 21.7. The number of hydrogen-bond donors (Lipinski definition) is 1. The van der Waals surface area contributed by atoms with Crippen LogP contribution in [-0.2, 0) is 10.0 Å². The molecular weight excluding hydrogens is 451 g/mol. The molecule has 2 aromatic rings. The maximum atomic E-state index is 12.8. The molecule has 0 spiro atoms. The third-order valence-electron chi connectivity index (χ3n) is 4.83. The topological polar surface area (TPSA) is 79.3 Å². The van der Waals surface area contributed by atoms with E-state index in [-0.39, 0.29) is 16.5 Å². The normalized spacial score (nSPS) is 16.9. The number of halogens is 2. The van der Waals surface area contributed by atoms with Crippen LogP contribution in [0.3, 0.4) is 0 Å². The standard InChI is InChI=1S/C20H24Cl2N2O5S/c1-28-16-2-4-17(5-3-16)29-14-15(25)13-23-8-10-24(11-9-23)30(26,27)18-6-7-19(21)20(22)12-18/h2-7,12,15,25H,8-11,13-14H2,1H3. The maximum absolute atomic E-state index is 12.8. The second-order valence-electron chi connectivity index (χ2n) is 6.92. The van der Waals surface area contributed by atoms with Gasteiger partial charge in [-0.05, 0) is 42.5 Å². The Bertz CT molecular complexity index is 948. The Hall–Kier alpha value is -1.55. The van der Waals surface area contributed by atoms with Crippen molar-refractivity contribution in [3.05, 3.63) is 52.5 Å². The van der Waals surface area contributed by atoms with Crippen LogP contribution >= 0.6 is 23.2 Å². The van der Waals surface area contributed by atoms with Gasteiger partial charge in [0.15, 0.2) is 0 Å². The molecule has 7 nitrogen and oxygen atoms in total. The van der Waals surface area contributed by atoms with Crippen molar-refractivity contribution in [1.82, 2.24) is 9.21 Å². The van der Waals surface area contributed by atoms with Crippen LogP contribution in [0.15, 0.2) is 47.4 Å². The first kappa shape index (κ1) is 23.1. The number of piperazine rings is 1. The SMILES string of the molecule is COc1ccc(OCC(O)CN2CCN(S(=O)(=O)c3ccc(Cl)c(Cl)c3)CC2)cc1. The van der Waals surface area contributed by atoms with Crippen LogP contribution in [0.2, 0.25) is 10.0 Å². The number of benzene rings is 2. The lowest BCUT2D eigenvalue weighted by Gasteiger charge is -2.34. The molecule has 0 bridgehead atoms. The van der Waals surface area contributed by atoms with Crippen molar-refractivity contribution < 1.29 is 23.0 Å². The molecule has 1 heterocycles. The van der Waals surface area contributed by atoms with Crippen molar-refractivity contribution in [1.29, 1.82) is 0 Å². The van der Waals surface area contributed by atoms with Crippen LogP contribution in [-0.4, -0.2) is 75.3 Å². The molecule has 1 saturated heterocycles. The zero-order valence-electron chi connectivity index (χ0n) is 16.5. The lowest BCUT2D eigenvalue weighted by molar-refractivity contribution is 0.0569. The van der Waals surface area contributed by atoms with Crippen LogP contribution in [0.1, 0.15) is 0 Å². The molecule has 0 saturated carbocycles. The highest BCUT2D eigenvalue weighted by Gasteiger charge is 2.29. The first-order valence-corrected chi connectivity index (χ1v) is 11.6. The minimum Gasteiger partial charge on any atom is -0.497 e. The van der Waals surface area contributed by atoms with Gasteiger partial charge in [0.1, 0.15) is 24.2 Å². The number of rotatable bonds is 8. The molecule has 0 amide bonds. The Morgan fingerprint density at radius 3 is 2.23 bits per heavy atom. The monoisotopic (exact) mass is 474 g/mol.